The molecule has 130 valence electrons. The van der Waals surface area contributed by atoms with Crippen molar-refractivity contribution in [1.29, 1.82) is 0 Å². The molecule has 2 aliphatic carbocycles. The minimum Gasteiger partial charge on any atom is -0.368 e. The first-order valence-electron chi connectivity index (χ1n) is 9.18. The number of benzene rings is 2. The Morgan fingerprint density at radius 3 is 2.42 bits per heavy atom. The number of allylic oxidation sites excluding steroid dienone is 4. The molecule has 2 aromatic carbocycles. The molecule has 0 radical (unpaired) electrons. The van der Waals surface area contributed by atoms with E-state index in [4.69, 9.17) is 0 Å². The van der Waals surface area contributed by atoms with E-state index in [0.717, 1.165) is 6.42 Å². The summed E-state index contributed by atoms with van der Waals surface area (Å²) < 4.78 is 1.17. The summed E-state index contributed by atoms with van der Waals surface area (Å²) in [6, 6.07) is 11.3. The van der Waals surface area contributed by atoms with Crippen molar-refractivity contribution in [1.82, 2.24) is 5.32 Å². The molecule has 1 nitrogen and oxygen atoms in total. The highest BCUT2D eigenvalue weighted by Gasteiger charge is 2.14. The van der Waals surface area contributed by atoms with Gasteiger partial charge in [-0.1, -0.05) is 58.4 Å². The van der Waals surface area contributed by atoms with Gasteiger partial charge in [-0.2, -0.15) is 0 Å². The summed E-state index contributed by atoms with van der Waals surface area (Å²) in [5.41, 5.74) is 5.76. The van der Waals surface area contributed by atoms with E-state index in [2.05, 4.69) is 63.7 Å². The largest absolute Gasteiger partial charge is 0.368 e. The lowest BCUT2D eigenvalue weighted by Gasteiger charge is -2.18. The van der Waals surface area contributed by atoms with Gasteiger partial charge >= 0.3 is 0 Å². The molecule has 0 saturated heterocycles. The van der Waals surface area contributed by atoms with Gasteiger partial charge in [0.1, 0.15) is 0 Å². The molecule has 0 bridgehead atoms. The fourth-order valence-corrected chi connectivity index (χ4v) is 4.09. The Morgan fingerprint density at radius 2 is 1.58 bits per heavy atom. The number of halogens is 1. The van der Waals surface area contributed by atoms with E-state index in [-0.39, 0.29) is 0 Å². The number of nitrogens with one attached hydrogen (secondary N) is 1. The van der Waals surface area contributed by atoms with E-state index in [9.17, 15) is 0 Å². The van der Waals surface area contributed by atoms with Crippen LogP contribution in [0, 0.1) is 0 Å². The van der Waals surface area contributed by atoms with E-state index in [0.29, 0.717) is 0 Å². The van der Waals surface area contributed by atoms with Gasteiger partial charge < -0.3 is 5.32 Å². The molecular weight excluding hydrogens is 382 g/mol. The number of fused-ring (bicyclic) bond motifs is 5. The minimum absolute atomic E-state index is 1.06. The number of hydrogen-bond acceptors (Lipinski definition) is 1. The Labute approximate surface area is 163 Å². The molecule has 0 spiro atoms. The van der Waals surface area contributed by atoms with Gasteiger partial charge in [-0.15, -0.1) is 0 Å². The minimum atomic E-state index is 1.06. The summed E-state index contributed by atoms with van der Waals surface area (Å²) in [5.74, 6) is 0. The third-order valence-corrected chi connectivity index (χ3v) is 5.48. The molecule has 2 heteroatoms. The molecule has 26 heavy (non-hydrogen) atoms. The van der Waals surface area contributed by atoms with Gasteiger partial charge in [0, 0.05) is 16.9 Å². The first kappa shape index (κ1) is 17.1. The summed E-state index contributed by atoms with van der Waals surface area (Å²) in [5, 5.41) is 5.88. The molecule has 3 aliphatic rings. The lowest BCUT2D eigenvalue weighted by molar-refractivity contribution is 0.834. The normalized spacial score (nSPS) is 15.7. The summed E-state index contributed by atoms with van der Waals surface area (Å²) >= 11 is 3.60. The van der Waals surface area contributed by atoms with Crippen LogP contribution in [-0.2, 0) is 12.8 Å². The van der Waals surface area contributed by atoms with Crippen LogP contribution in [0.25, 0.3) is 23.3 Å². The Kier molecular flexibility index (Phi) is 5.21. The van der Waals surface area contributed by atoms with E-state index in [1.54, 1.807) is 0 Å². The fraction of sp³-hybridized carbons (Fsp3) is 0.167. The fourth-order valence-electron chi connectivity index (χ4n) is 3.73. The van der Waals surface area contributed by atoms with Crippen LogP contribution in [0.3, 0.4) is 0 Å². The van der Waals surface area contributed by atoms with Crippen molar-refractivity contribution < 1.29 is 0 Å². The van der Waals surface area contributed by atoms with Crippen molar-refractivity contribution in [3.05, 3.63) is 93.1 Å². The molecule has 0 atom stereocenters. The molecule has 2 aromatic rings. The van der Waals surface area contributed by atoms with Gasteiger partial charge in [-0.25, -0.2) is 0 Å². The molecule has 1 N–H and O–H groups in total. The maximum atomic E-state index is 3.60. The van der Waals surface area contributed by atoms with Crippen LogP contribution in [0.2, 0.25) is 0 Å². The average molecular weight is 404 g/mol. The zero-order valence-corrected chi connectivity index (χ0v) is 16.3. The smallest absolute Gasteiger partial charge is 0.0181 e. The number of rotatable bonds is 0. The second-order valence-electron chi connectivity index (χ2n) is 6.68. The van der Waals surface area contributed by atoms with Crippen LogP contribution in [-0.4, -0.2) is 0 Å². The molecule has 0 amide bonds. The Morgan fingerprint density at radius 1 is 0.769 bits per heavy atom. The highest BCUT2D eigenvalue weighted by atomic mass is 79.9. The third kappa shape index (κ3) is 3.61. The molecule has 1 heterocycles. The van der Waals surface area contributed by atoms with Gasteiger partial charge in [0.2, 0.25) is 0 Å². The summed E-state index contributed by atoms with van der Waals surface area (Å²) in [4.78, 5) is 0. The van der Waals surface area contributed by atoms with Crippen LogP contribution >= 0.6 is 15.9 Å². The van der Waals surface area contributed by atoms with Crippen molar-refractivity contribution in [2.24, 2.45) is 0 Å². The van der Waals surface area contributed by atoms with Crippen LogP contribution < -0.4 is 15.8 Å². The summed E-state index contributed by atoms with van der Waals surface area (Å²) in [6.07, 6.45) is 21.2. The van der Waals surface area contributed by atoms with Crippen LogP contribution in [0.1, 0.15) is 24.0 Å². The SMILES string of the molecule is Brc1ccc2c(c1)-c1ccc3c(c1=CC2)=CCCC3.C1=CC=CNC=C1. The summed E-state index contributed by atoms with van der Waals surface area (Å²) in [7, 11) is 0. The first-order chi connectivity index (χ1) is 12.8. The quantitative estimate of drug-likeness (QED) is 0.669. The van der Waals surface area contributed by atoms with Crippen molar-refractivity contribution in [3.8, 4) is 11.1 Å². The van der Waals surface area contributed by atoms with Gasteiger partial charge in [0.05, 0.1) is 0 Å². The van der Waals surface area contributed by atoms with Crippen molar-refractivity contribution >= 4 is 28.1 Å². The number of hydrogen-bond donors (Lipinski definition) is 1. The van der Waals surface area contributed by atoms with Gasteiger partial charge in [0.25, 0.3) is 0 Å². The monoisotopic (exact) mass is 403 g/mol. The van der Waals surface area contributed by atoms with E-state index < -0.39 is 0 Å². The molecule has 0 fully saturated rings. The molecular formula is C24H22BrN. The molecule has 0 saturated carbocycles. The lowest BCUT2D eigenvalue weighted by Crippen LogP contribution is -2.33. The Balaban J connectivity index is 0.000000204. The molecule has 1 aliphatic heterocycles. The van der Waals surface area contributed by atoms with Gasteiger partial charge in [0.15, 0.2) is 0 Å². The molecule has 0 aromatic heterocycles. The van der Waals surface area contributed by atoms with E-state index in [1.807, 2.05) is 36.7 Å². The highest BCUT2D eigenvalue weighted by Crippen LogP contribution is 2.28. The van der Waals surface area contributed by atoms with Crippen molar-refractivity contribution in [2.75, 3.05) is 0 Å². The standard InChI is InChI=1S/C18H15Br.C6H7N/c19-14-8-5-13-7-9-16-15-4-2-1-3-12(15)6-10-17(16)18(13)11-14;1-2-4-6-7-5-3-1/h4-6,8-11H,1-3,7H2;1-7H. The maximum absolute atomic E-state index is 3.60. The second kappa shape index (κ2) is 7.92. The Bertz CT molecular complexity index is 1010. The van der Waals surface area contributed by atoms with Gasteiger partial charge in [-0.3, -0.25) is 0 Å². The third-order valence-electron chi connectivity index (χ3n) is 4.98. The Hall–Kier alpha value is -2.32. The maximum Gasteiger partial charge on any atom is 0.0181 e. The predicted octanol–water partition coefficient (Wildman–Crippen LogP) is 4.74. The van der Waals surface area contributed by atoms with Crippen LogP contribution in [0.15, 0.2) is 71.5 Å². The topological polar surface area (TPSA) is 12.0 Å². The average Bonchev–Trinajstić information content (AvgIpc) is 3.01. The highest BCUT2D eigenvalue weighted by molar-refractivity contribution is 9.10. The predicted molar refractivity (Wildman–Crippen MR) is 115 cm³/mol. The molecule has 5 rings (SSSR count). The van der Waals surface area contributed by atoms with Crippen LogP contribution in [0.5, 0.6) is 0 Å². The van der Waals surface area contributed by atoms with E-state index >= 15 is 0 Å². The lowest BCUT2D eigenvalue weighted by atomic mass is 9.87. The second-order valence-corrected chi connectivity index (χ2v) is 7.59. The zero-order chi connectivity index (χ0) is 17.8. The molecule has 0 unspecified atom stereocenters. The van der Waals surface area contributed by atoms with E-state index in [1.165, 1.54) is 56.4 Å². The number of aryl methyl sites for hydroxylation is 1. The van der Waals surface area contributed by atoms with Crippen LogP contribution in [0.4, 0.5) is 0 Å². The van der Waals surface area contributed by atoms with Gasteiger partial charge in [-0.05, 0) is 82.7 Å². The van der Waals surface area contributed by atoms with Crippen molar-refractivity contribution in [3.63, 3.8) is 0 Å². The van der Waals surface area contributed by atoms with Crippen molar-refractivity contribution in [2.45, 2.75) is 25.7 Å². The summed E-state index contributed by atoms with van der Waals surface area (Å²) in [6.45, 7) is 0. The zero-order valence-electron chi connectivity index (χ0n) is 14.7. The first-order valence-corrected chi connectivity index (χ1v) is 9.98.